The highest BCUT2D eigenvalue weighted by molar-refractivity contribution is 5.92. The Hall–Kier alpha value is -2.69. The van der Waals surface area contributed by atoms with Crippen LogP contribution in [0.3, 0.4) is 0 Å². The van der Waals surface area contributed by atoms with Crippen molar-refractivity contribution in [2.45, 2.75) is 6.42 Å². The second-order valence-electron chi connectivity index (χ2n) is 4.45. The fraction of sp³-hybridized carbons (Fsp3) is 0.0667. The molecule has 0 aliphatic rings. The Balaban J connectivity index is 1.70. The molecule has 3 aromatic rings. The number of halogens is 1. The number of nitrogens with one attached hydrogen (secondary N) is 2. The van der Waals surface area contributed by atoms with Gasteiger partial charge in [-0.1, -0.05) is 24.3 Å². The molecule has 0 bridgehead atoms. The summed E-state index contributed by atoms with van der Waals surface area (Å²) in [5, 5.41) is 2.70. The number of hydrogen-bond donors (Lipinski definition) is 2. The fourth-order valence-electron chi connectivity index (χ4n) is 1.98. The van der Waals surface area contributed by atoms with Gasteiger partial charge in [0.05, 0.1) is 17.5 Å². The molecule has 0 saturated carbocycles. The molecule has 1 amide bonds. The molecule has 3 rings (SSSR count). The summed E-state index contributed by atoms with van der Waals surface area (Å²) in [5.74, 6) is -0.0968. The zero-order valence-corrected chi connectivity index (χ0v) is 10.6. The van der Waals surface area contributed by atoms with Gasteiger partial charge in [-0.2, -0.15) is 0 Å². The molecule has 0 fully saturated rings. The number of aromatic nitrogens is 2. The third-order valence-electron chi connectivity index (χ3n) is 2.93. The van der Waals surface area contributed by atoms with E-state index in [0.717, 1.165) is 16.6 Å². The molecule has 0 aliphatic carbocycles. The number of hydrogen-bond acceptors (Lipinski definition) is 2. The molecule has 0 aliphatic heterocycles. The van der Waals surface area contributed by atoms with Crippen LogP contribution in [-0.2, 0) is 11.2 Å². The Kier molecular flexibility index (Phi) is 3.16. The van der Waals surface area contributed by atoms with E-state index < -0.39 is 0 Å². The predicted molar refractivity (Wildman–Crippen MR) is 74.8 cm³/mol. The lowest BCUT2D eigenvalue weighted by atomic mass is 10.1. The Labute approximate surface area is 114 Å². The van der Waals surface area contributed by atoms with Crippen molar-refractivity contribution < 1.29 is 9.18 Å². The maximum absolute atomic E-state index is 12.8. The predicted octanol–water partition coefficient (Wildman–Crippen LogP) is 2.88. The number of para-hydroxylation sites is 2. The SMILES string of the molecule is O=C(Cc1ccc(F)cc1)Nc1nc2ccccc2[nH]1. The Morgan fingerprint density at radius 1 is 1.15 bits per heavy atom. The molecule has 4 nitrogen and oxygen atoms in total. The minimum atomic E-state index is -0.313. The molecule has 2 aromatic carbocycles. The van der Waals surface area contributed by atoms with E-state index in [2.05, 4.69) is 15.3 Å². The lowest BCUT2D eigenvalue weighted by Crippen LogP contribution is -2.15. The maximum atomic E-state index is 12.8. The van der Waals surface area contributed by atoms with E-state index in [1.807, 2.05) is 24.3 Å². The van der Waals surface area contributed by atoms with Gasteiger partial charge < -0.3 is 4.98 Å². The van der Waals surface area contributed by atoms with Crippen LogP contribution in [-0.4, -0.2) is 15.9 Å². The van der Waals surface area contributed by atoms with Gasteiger partial charge in [-0.15, -0.1) is 0 Å². The number of rotatable bonds is 3. The van der Waals surface area contributed by atoms with E-state index in [4.69, 9.17) is 0 Å². The van der Waals surface area contributed by atoms with Gasteiger partial charge in [0.15, 0.2) is 0 Å². The number of benzene rings is 2. The normalized spacial score (nSPS) is 10.7. The summed E-state index contributed by atoms with van der Waals surface area (Å²) in [6.45, 7) is 0. The number of anilines is 1. The molecule has 0 radical (unpaired) electrons. The van der Waals surface area contributed by atoms with Gasteiger partial charge in [-0.25, -0.2) is 9.37 Å². The van der Waals surface area contributed by atoms with Gasteiger partial charge in [0.25, 0.3) is 0 Å². The summed E-state index contributed by atoms with van der Waals surface area (Å²) >= 11 is 0. The van der Waals surface area contributed by atoms with Crippen molar-refractivity contribution in [1.29, 1.82) is 0 Å². The molecule has 100 valence electrons. The fourth-order valence-corrected chi connectivity index (χ4v) is 1.98. The number of carbonyl (C=O) groups excluding carboxylic acids is 1. The molecular formula is C15H12FN3O. The maximum Gasteiger partial charge on any atom is 0.231 e. The molecule has 20 heavy (non-hydrogen) atoms. The molecule has 5 heteroatoms. The zero-order valence-electron chi connectivity index (χ0n) is 10.6. The first kappa shape index (κ1) is 12.3. The van der Waals surface area contributed by atoms with Gasteiger partial charge in [-0.3, -0.25) is 10.1 Å². The molecule has 0 atom stereocenters. The topological polar surface area (TPSA) is 57.8 Å². The summed E-state index contributed by atoms with van der Waals surface area (Å²) in [4.78, 5) is 19.2. The van der Waals surface area contributed by atoms with E-state index in [1.165, 1.54) is 12.1 Å². The number of imidazole rings is 1. The lowest BCUT2D eigenvalue weighted by molar-refractivity contribution is -0.115. The number of aromatic amines is 1. The molecule has 0 spiro atoms. The lowest BCUT2D eigenvalue weighted by Gasteiger charge is -2.02. The van der Waals surface area contributed by atoms with Crippen molar-refractivity contribution in [2.24, 2.45) is 0 Å². The van der Waals surface area contributed by atoms with Crippen LogP contribution in [0.1, 0.15) is 5.56 Å². The third kappa shape index (κ3) is 2.66. The molecule has 0 saturated heterocycles. The highest BCUT2D eigenvalue weighted by Gasteiger charge is 2.07. The highest BCUT2D eigenvalue weighted by Crippen LogP contribution is 2.13. The average Bonchev–Trinajstić information content (AvgIpc) is 2.83. The highest BCUT2D eigenvalue weighted by atomic mass is 19.1. The van der Waals surface area contributed by atoms with Crippen molar-refractivity contribution in [3.63, 3.8) is 0 Å². The van der Waals surface area contributed by atoms with Crippen LogP contribution in [0.2, 0.25) is 0 Å². The standard InChI is InChI=1S/C15H12FN3O/c16-11-7-5-10(6-8-11)9-14(20)19-15-17-12-3-1-2-4-13(12)18-15/h1-8H,9H2,(H2,17,18,19,20). The third-order valence-corrected chi connectivity index (χ3v) is 2.93. The van der Waals surface area contributed by atoms with Crippen LogP contribution in [0.4, 0.5) is 10.3 Å². The van der Waals surface area contributed by atoms with Gasteiger partial charge in [0.2, 0.25) is 11.9 Å². The summed E-state index contributed by atoms with van der Waals surface area (Å²) in [6, 6.07) is 13.4. The first-order valence-electron chi connectivity index (χ1n) is 6.20. The van der Waals surface area contributed by atoms with Crippen LogP contribution >= 0.6 is 0 Å². The Morgan fingerprint density at radius 2 is 1.90 bits per heavy atom. The summed E-state index contributed by atoms with van der Waals surface area (Å²) in [5.41, 5.74) is 2.41. The van der Waals surface area contributed by atoms with E-state index in [-0.39, 0.29) is 18.1 Å². The van der Waals surface area contributed by atoms with Gasteiger partial charge in [-0.05, 0) is 29.8 Å². The molecule has 1 aromatic heterocycles. The van der Waals surface area contributed by atoms with Crippen LogP contribution in [0.5, 0.6) is 0 Å². The van der Waals surface area contributed by atoms with Crippen molar-refractivity contribution >= 4 is 22.9 Å². The van der Waals surface area contributed by atoms with Gasteiger partial charge in [0.1, 0.15) is 5.82 Å². The number of carbonyl (C=O) groups is 1. The first-order valence-corrected chi connectivity index (χ1v) is 6.20. The summed E-state index contributed by atoms with van der Waals surface area (Å²) in [7, 11) is 0. The molecule has 1 heterocycles. The minimum Gasteiger partial charge on any atom is -0.324 e. The smallest absolute Gasteiger partial charge is 0.231 e. The monoisotopic (exact) mass is 269 g/mol. The number of H-pyrrole nitrogens is 1. The number of fused-ring (bicyclic) bond motifs is 1. The van der Waals surface area contributed by atoms with E-state index in [0.29, 0.717) is 5.95 Å². The summed E-state index contributed by atoms with van der Waals surface area (Å²) in [6.07, 6.45) is 0.178. The van der Waals surface area contributed by atoms with Gasteiger partial charge >= 0.3 is 0 Å². The Bertz CT molecular complexity index is 716. The van der Waals surface area contributed by atoms with Crippen molar-refractivity contribution in [3.05, 3.63) is 59.9 Å². The second kappa shape index (κ2) is 5.13. The Morgan fingerprint density at radius 3 is 2.65 bits per heavy atom. The zero-order chi connectivity index (χ0) is 13.9. The minimum absolute atomic E-state index is 0.178. The first-order chi connectivity index (χ1) is 9.70. The van der Waals surface area contributed by atoms with E-state index >= 15 is 0 Å². The molecular weight excluding hydrogens is 257 g/mol. The quantitative estimate of drug-likeness (QED) is 0.768. The summed E-state index contributed by atoms with van der Waals surface area (Å²) < 4.78 is 12.8. The number of nitrogens with zero attached hydrogens (tertiary/aromatic N) is 1. The van der Waals surface area contributed by atoms with Crippen molar-refractivity contribution in [2.75, 3.05) is 5.32 Å². The van der Waals surface area contributed by atoms with Crippen LogP contribution in [0.15, 0.2) is 48.5 Å². The van der Waals surface area contributed by atoms with Crippen LogP contribution < -0.4 is 5.32 Å². The molecule has 2 N–H and O–H groups in total. The second-order valence-corrected chi connectivity index (χ2v) is 4.45. The van der Waals surface area contributed by atoms with Crippen LogP contribution in [0.25, 0.3) is 11.0 Å². The van der Waals surface area contributed by atoms with E-state index in [9.17, 15) is 9.18 Å². The average molecular weight is 269 g/mol. The molecule has 0 unspecified atom stereocenters. The van der Waals surface area contributed by atoms with Gasteiger partial charge in [0, 0.05) is 0 Å². The largest absolute Gasteiger partial charge is 0.324 e. The van der Waals surface area contributed by atoms with Crippen molar-refractivity contribution in [3.8, 4) is 0 Å². The van der Waals surface area contributed by atoms with Crippen molar-refractivity contribution in [1.82, 2.24) is 9.97 Å². The van der Waals surface area contributed by atoms with E-state index in [1.54, 1.807) is 12.1 Å². The number of amides is 1. The van der Waals surface area contributed by atoms with Crippen LogP contribution in [0, 0.1) is 5.82 Å².